The maximum Gasteiger partial charge on any atom is 0.253 e. The molecule has 8 nitrogen and oxygen atoms in total. The van der Waals surface area contributed by atoms with E-state index in [1.807, 2.05) is 38.1 Å². The van der Waals surface area contributed by atoms with Crippen molar-refractivity contribution in [2.75, 3.05) is 18.4 Å². The summed E-state index contributed by atoms with van der Waals surface area (Å²) in [4.78, 5) is 27.6. The molecule has 0 radical (unpaired) electrons. The van der Waals surface area contributed by atoms with E-state index in [4.69, 9.17) is 0 Å². The van der Waals surface area contributed by atoms with Crippen molar-refractivity contribution < 1.29 is 9.59 Å². The fourth-order valence-corrected chi connectivity index (χ4v) is 3.01. The molecule has 0 spiro atoms. The van der Waals surface area contributed by atoms with Gasteiger partial charge in [0.25, 0.3) is 5.91 Å². The van der Waals surface area contributed by atoms with Gasteiger partial charge in [-0.15, -0.1) is 10.2 Å². The quantitative estimate of drug-likeness (QED) is 0.588. The highest BCUT2D eigenvalue weighted by Gasteiger charge is 2.13. The van der Waals surface area contributed by atoms with E-state index in [1.54, 1.807) is 29.2 Å². The van der Waals surface area contributed by atoms with Gasteiger partial charge in [0.05, 0.1) is 0 Å². The first-order valence-corrected chi connectivity index (χ1v) is 10.0. The minimum absolute atomic E-state index is 0.0276. The van der Waals surface area contributed by atoms with Gasteiger partial charge in [0.1, 0.15) is 6.54 Å². The molecule has 0 aliphatic rings. The number of amides is 2. The number of nitrogens with zero attached hydrogens (tertiary/aromatic N) is 5. The SMILES string of the molecule is CCN(CC)C(=O)c1ccc(NC(=O)Cn2nnc(-c3ccc(Br)cc3)n2)cc1. The molecular weight excluding hydrogens is 436 g/mol. The number of benzene rings is 2. The number of tetrazole rings is 1. The van der Waals surface area contributed by atoms with Gasteiger partial charge in [-0.3, -0.25) is 9.59 Å². The van der Waals surface area contributed by atoms with E-state index in [1.165, 1.54) is 4.80 Å². The van der Waals surface area contributed by atoms with Crippen molar-refractivity contribution in [1.82, 2.24) is 25.1 Å². The van der Waals surface area contributed by atoms with Gasteiger partial charge < -0.3 is 10.2 Å². The molecule has 3 rings (SSSR count). The molecule has 150 valence electrons. The van der Waals surface area contributed by atoms with Crippen LogP contribution in [0.2, 0.25) is 0 Å². The second kappa shape index (κ2) is 9.42. The van der Waals surface area contributed by atoms with Gasteiger partial charge in [-0.25, -0.2) is 0 Å². The van der Waals surface area contributed by atoms with Crippen LogP contribution in [-0.2, 0) is 11.3 Å². The lowest BCUT2D eigenvalue weighted by molar-refractivity contribution is -0.117. The molecule has 0 aliphatic carbocycles. The lowest BCUT2D eigenvalue weighted by Crippen LogP contribution is -2.30. The monoisotopic (exact) mass is 456 g/mol. The van der Waals surface area contributed by atoms with Crippen molar-refractivity contribution >= 4 is 33.4 Å². The summed E-state index contributed by atoms with van der Waals surface area (Å²) in [6.07, 6.45) is 0. The zero-order chi connectivity index (χ0) is 20.8. The summed E-state index contributed by atoms with van der Waals surface area (Å²) in [5, 5.41) is 14.9. The zero-order valence-corrected chi connectivity index (χ0v) is 17.8. The molecule has 1 heterocycles. The summed E-state index contributed by atoms with van der Waals surface area (Å²) in [5.41, 5.74) is 2.00. The molecule has 0 unspecified atom stereocenters. The van der Waals surface area contributed by atoms with Gasteiger partial charge >= 0.3 is 0 Å². The Morgan fingerprint density at radius 1 is 1.03 bits per heavy atom. The molecule has 2 aromatic carbocycles. The van der Waals surface area contributed by atoms with Gasteiger partial charge in [-0.2, -0.15) is 4.80 Å². The van der Waals surface area contributed by atoms with Crippen LogP contribution in [-0.4, -0.2) is 50.0 Å². The molecule has 29 heavy (non-hydrogen) atoms. The van der Waals surface area contributed by atoms with Crippen LogP contribution in [0.4, 0.5) is 5.69 Å². The highest BCUT2D eigenvalue weighted by atomic mass is 79.9. The number of anilines is 1. The first-order chi connectivity index (χ1) is 14.0. The van der Waals surface area contributed by atoms with Gasteiger partial charge in [0.2, 0.25) is 11.7 Å². The molecule has 0 atom stereocenters. The second-order valence-corrected chi connectivity index (χ2v) is 7.17. The standard InChI is InChI=1S/C20H21BrN6O2/c1-3-26(4-2)20(29)15-7-11-17(12-8-15)22-18(28)13-27-24-19(23-25-27)14-5-9-16(21)10-6-14/h5-12H,3-4,13H2,1-2H3,(H,22,28). The number of hydrogen-bond acceptors (Lipinski definition) is 5. The topological polar surface area (TPSA) is 93.0 Å². The van der Waals surface area contributed by atoms with Crippen LogP contribution >= 0.6 is 15.9 Å². The number of nitrogens with one attached hydrogen (secondary N) is 1. The first-order valence-electron chi connectivity index (χ1n) is 9.23. The molecule has 0 saturated heterocycles. The molecule has 0 bridgehead atoms. The smallest absolute Gasteiger partial charge is 0.253 e. The number of rotatable bonds is 7. The normalized spacial score (nSPS) is 10.6. The van der Waals surface area contributed by atoms with E-state index in [0.717, 1.165) is 10.0 Å². The van der Waals surface area contributed by atoms with Gasteiger partial charge in [0.15, 0.2) is 0 Å². The number of carbonyl (C=O) groups is 2. The van der Waals surface area contributed by atoms with Gasteiger partial charge in [0, 0.05) is 34.4 Å². The molecule has 3 aromatic rings. The average Bonchev–Trinajstić information content (AvgIpc) is 3.18. The molecular formula is C20H21BrN6O2. The number of hydrogen-bond donors (Lipinski definition) is 1. The van der Waals surface area contributed by atoms with E-state index in [2.05, 4.69) is 36.7 Å². The molecule has 2 amide bonds. The minimum Gasteiger partial charge on any atom is -0.339 e. The van der Waals surface area contributed by atoms with E-state index >= 15 is 0 Å². The molecule has 9 heteroatoms. The summed E-state index contributed by atoms with van der Waals surface area (Å²) in [5.74, 6) is 0.136. The Labute approximate surface area is 177 Å². The summed E-state index contributed by atoms with van der Waals surface area (Å²) in [6.45, 7) is 5.12. The third-order valence-corrected chi connectivity index (χ3v) is 4.84. The van der Waals surface area contributed by atoms with Crippen LogP contribution in [0.5, 0.6) is 0 Å². The Morgan fingerprint density at radius 3 is 2.31 bits per heavy atom. The Bertz CT molecular complexity index is 981. The highest BCUT2D eigenvalue weighted by molar-refractivity contribution is 9.10. The summed E-state index contributed by atoms with van der Waals surface area (Å²) < 4.78 is 0.956. The van der Waals surface area contributed by atoms with Crippen molar-refractivity contribution in [3.63, 3.8) is 0 Å². The maximum atomic E-state index is 12.3. The fourth-order valence-electron chi connectivity index (χ4n) is 2.74. The van der Waals surface area contributed by atoms with Crippen molar-refractivity contribution in [1.29, 1.82) is 0 Å². The third kappa shape index (κ3) is 5.26. The zero-order valence-electron chi connectivity index (χ0n) is 16.2. The first kappa shape index (κ1) is 20.7. The molecule has 0 saturated carbocycles. The Morgan fingerprint density at radius 2 is 1.69 bits per heavy atom. The van der Waals surface area contributed by atoms with Crippen molar-refractivity contribution in [3.05, 3.63) is 58.6 Å². The summed E-state index contributed by atoms with van der Waals surface area (Å²) in [7, 11) is 0. The van der Waals surface area contributed by atoms with Crippen LogP contribution < -0.4 is 5.32 Å². The fraction of sp³-hybridized carbons (Fsp3) is 0.250. The van der Waals surface area contributed by atoms with Crippen molar-refractivity contribution in [3.8, 4) is 11.4 Å². The van der Waals surface area contributed by atoms with Crippen molar-refractivity contribution in [2.45, 2.75) is 20.4 Å². The highest BCUT2D eigenvalue weighted by Crippen LogP contribution is 2.17. The number of halogens is 1. The maximum absolute atomic E-state index is 12.3. The minimum atomic E-state index is -0.285. The second-order valence-electron chi connectivity index (χ2n) is 6.25. The van der Waals surface area contributed by atoms with Crippen molar-refractivity contribution in [2.24, 2.45) is 0 Å². The molecule has 1 aromatic heterocycles. The lowest BCUT2D eigenvalue weighted by atomic mass is 10.1. The third-order valence-electron chi connectivity index (χ3n) is 4.31. The van der Waals surface area contributed by atoms with E-state index in [9.17, 15) is 9.59 Å². The predicted molar refractivity (Wildman–Crippen MR) is 113 cm³/mol. The van der Waals surface area contributed by atoms with Crippen LogP contribution in [0.25, 0.3) is 11.4 Å². The number of carbonyl (C=O) groups excluding carboxylic acids is 2. The molecule has 1 N–H and O–H groups in total. The lowest BCUT2D eigenvalue weighted by Gasteiger charge is -2.18. The van der Waals surface area contributed by atoms with E-state index in [-0.39, 0.29) is 18.4 Å². The predicted octanol–water partition coefficient (Wildman–Crippen LogP) is 3.22. The van der Waals surface area contributed by atoms with E-state index < -0.39 is 0 Å². The Kier molecular flexibility index (Phi) is 6.71. The Balaban J connectivity index is 1.60. The van der Waals surface area contributed by atoms with Crippen LogP contribution in [0.1, 0.15) is 24.2 Å². The van der Waals surface area contributed by atoms with Gasteiger partial charge in [-0.1, -0.05) is 15.9 Å². The van der Waals surface area contributed by atoms with Crippen LogP contribution in [0.15, 0.2) is 53.0 Å². The van der Waals surface area contributed by atoms with Crippen LogP contribution in [0, 0.1) is 0 Å². The van der Waals surface area contributed by atoms with E-state index in [0.29, 0.717) is 30.2 Å². The summed E-state index contributed by atoms with van der Waals surface area (Å²) in [6, 6.07) is 14.3. The molecule has 0 fully saturated rings. The van der Waals surface area contributed by atoms with Gasteiger partial charge in [-0.05, 0) is 67.6 Å². The summed E-state index contributed by atoms with van der Waals surface area (Å²) >= 11 is 3.38. The Hall–Kier alpha value is -3.07. The molecule has 0 aliphatic heterocycles. The van der Waals surface area contributed by atoms with Crippen LogP contribution in [0.3, 0.4) is 0 Å². The average molecular weight is 457 g/mol. The largest absolute Gasteiger partial charge is 0.339 e. The number of aromatic nitrogens is 4.